The van der Waals surface area contributed by atoms with E-state index < -0.39 is 22.9 Å². The van der Waals surface area contributed by atoms with Gasteiger partial charge in [-0.05, 0) is 18.6 Å². The number of non-ortho nitro benzene ring substituents is 1. The molecule has 0 unspecified atom stereocenters. The van der Waals surface area contributed by atoms with Gasteiger partial charge in [-0.15, -0.1) is 0 Å². The zero-order valence-corrected chi connectivity index (χ0v) is 14.4. The summed E-state index contributed by atoms with van der Waals surface area (Å²) in [5, 5.41) is 16.3. The molecule has 8 nitrogen and oxygen atoms in total. The SMILES string of the molecule is CNc1ccc([N+](=O)[O-])cc1C(=O)O[C@@H](C)C(=O)NCc1ccccc1. The summed E-state index contributed by atoms with van der Waals surface area (Å²) >= 11 is 0. The highest BCUT2D eigenvalue weighted by atomic mass is 16.6. The molecule has 0 radical (unpaired) electrons. The van der Waals surface area contributed by atoms with Crippen molar-refractivity contribution in [1.82, 2.24) is 5.32 Å². The van der Waals surface area contributed by atoms with E-state index in [-0.39, 0.29) is 11.3 Å². The second-order valence-corrected chi connectivity index (χ2v) is 5.49. The summed E-state index contributed by atoms with van der Waals surface area (Å²) in [6.45, 7) is 1.74. The number of ether oxygens (including phenoxy) is 1. The summed E-state index contributed by atoms with van der Waals surface area (Å²) in [6, 6.07) is 13.1. The van der Waals surface area contributed by atoms with Gasteiger partial charge in [0.15, 0.2) is 6.10 Å². The van der Waals surface area contributed by atoms with Crippen molar-refractivity contribution < 1.29 is 19.2 Å². The Bertz CT molecular complexity index is 808. The molecule has 2 aromatic carbocycles. The van der Waals surface area contributed by atoms with Crippen molar-refractivity contribution in [3.63, 3.8) is 0 Å². The smallest absolute Gasteiger partial charge is 0.341 e. The van der Waals surface area contributed by atoms with E-state index in [1.54, 1.807) is 7.05 Å². The molecule has 2 rings (SSSR count). The molecule has 0 heterocycles. The molecule has 0 aliphatic rings. The second-order valence-electron chi connectivity index (χ2n) is 5.49. The van der Waals surface area contributed by atoms with E-state index in [0.29, 0.717) is 12.2 Å². The van der Waals surface area contributed by atoms with Crippen LogP contribution in [-0.2, 0) is 16.1 Å². The van der Waals surface area contributed by atoms with Crippen LogP contribution in [0.2, 0.25) is 0 Å². The third-order valence-corrected chi connectivity index (χ3v) is 3.67. The van der Waals surface area contributed by atoms with Gasteiger partial charge in [-0.25, -0.2) is 4.79 Å². The zero-order valence-electron chi connectivity index (χ0n) is 14.4. The van der Waals surface area contributed by atoms with Gasteiger partial charge in [0.25, 0.3) is 11.6 Å². The summed E-state index contributed by atoms with van der Waals surface area (Å²) in [5.41, 5.74) is 1.04. The maximum atomic E-state index is 12.3. The molecule has 0 spiro atoms. The molecule has 0 fully saturated rings. The first-order chi connectivity index (χ1) is 12.4. The van der Waals surface area contributed by atoms with Crippen LogP contribution in [-0.4, -0.2) is 30.0 Å². The number of hydrogen-bond donors (Lipinski definition) is 2. The molecule has 1 amide bonds. The lowest BCUT2D eigenvalue weighted by molar-refractivity contribution is -0.384. The van der Waals surface area contributed by atoms with Gasteiger partial charge in [-0.1, -0.05) is 30.3 Å². The Balaban J connectivity index is 2.02. The average molecular weight is 357 g/mol. The van der Waals surface area contributed by atoms with E-state index in [1.165, 1.54) is 19.1 Å². The first kappa shape index (κ1) is 18.9. The van der Waals surface area contributed by atoms with Crippen molar-refractivity contribution in [2.75, 3.05) is 12.4 Å². The highest BCUT2D eigenvalue weighted by Crippen LogP contribution is 2.23. The number of carbonyl (C=O) groups excluding carboxylic acids is 2. The maximum Gasteiger partial charge on any atom is 0.341 e. The molecule has 0 aliphatic carbocycles. The fourth-order valence-electron chi connectivity index (χ4n) is 2.24. The second kappa shape index (κ2) is 8.61. The summed E-state index contributed by atoms with van der Waals surface area (Å²) in [5.74, 6) is -1.28. The Morgan fingerprint density at radius 3 is 2.50 bits per heavy atom. The molecule has 0 bridgehead atoms. The minimum Gasteiger partial charge on any atom is -0.449 e. The van der Waals surface area contributed by atoms with Crippen molar-refractivity contribution >= 4 is 23.3 Å². The lowest BCUT2D eigenvalue weighted by Gasteiger charge is -2.15. The van der Waals surface area contributed by atoms with E-state index in [1.807, 2.05) is 30.3 Å². The van der Waals surface area contributed by atoms with Crippen LogP contribution in [0.4, 0.5) is 11.4 Å². The zero-order chi connectivity index (χ0) is 19.1. The third-order valence-electron chi connectivity index (χ3n) is 3.67. The standard InChI is InChI=1S/C18H19N3O5/c1-12(17(22)20-11-13-6-4-3-5-7-13)26-18(23)15-10-14(21(24)25)8-9-16(15)19-2/h3-10,12,19H,11H2,1-2H3,(H,20,22)/t12-/m0/s1. The number of nitro benzene ring substituents is 1. The Hall–Kier alpha value is -3.42. The summed E-state index contributed by atoms with van der Waals surface area (Å²) in [4.78, 5) is 34.7. The van der Waals surface area contributed by atoms with E-state index in [0.717, 1.165) is 11.6 Å². The van der Waals surface area contributed by atoms with Crippen molar-refractivity contribution in [3.05, 3.63) is 69.8 Å². The summed E-state index contributed by atoms with van der Waals surface area (Å²) < 4.78 is 5.15. The van der Waals surface area contributed by atoms with Gasteiger partial charge in [0.1, 0.15) is 0 Å². The summed E-state index contributed by atoms with van der Waals surface area (Å²) in [7, 11) is 1.58. The third kappa shape index (κ3) is 4.79. The van der Waals surface area contributed by atoms with Crippen molar-refractivity contribution in [1.29, 1.82) is 0 Å². The number of amides is 1. The van der Waals surface area contributed by atoms with Crippen LogP contribution >= 0.6 is 0 Å². The molecule has 2 aromatic rings. The van der Waals surface area contributed by atoms with Gasteiger partial charge in [0.05, 0.1) is 10.5 Å². The van der Waals surface area contributed by atoms with Crippen LogP contribution in [0.15, 0.2) is 48.5 Å². The molecule has 2 N–H and O–H groups in total. The number of esters is 1. The van der Waals surface area contributed by atoms with Crippen LogP contribution in [0.25, 0.3) is 0 Å². The highest BCUT2D eigenvalue weighted by molar-refractivity contribution is 5.98. The normalized spacial score (nSPS) is 11.3. The predicted octanol–water partition coefficient (Wildman–Crippen LogP) is 2.50. The number of nitrogens with one attached hydrogen (secondary N) is 2. The lowest BCUT2D eigenvalue weighted by atomic mass is 10.1. The molecule has 8 heteroatoms. The molecule has 0 saturated carbocycles. The van der Waals surface area contributed by atoms with Crippen LogP contribution in [0.1, 0.15) is 22.8 Å². The highest BCUT2D eigenvalue weighted by Gasteiger charge is 2.22. The largest absolute Gasteiger partial charge is 0.449 e. The molecule has 0 aliphatic heterocycles. The van der Waals surface area contributed by atoms with E-state index in [9.17, 15) is 19.7 Å². The molecule has 26 heavy (non-hydrogen) atoms. The maximum absolute atomic E-state index is 12.3. The number of hydrogen-bond acceptors (Lipinski definition) is 6. The molecular weight excluding hydrogens is 338 g/mol. The number of carbonyl (C=O) groups is 2. The van der Waals surface area contributed by atoms with Crippen molar-refractivity contribution in [2.45, 2.75) is 19.6 Å². The Morgan fingerprint density at radius 1 is 1.19 bits per heavy atom. The topological polar surface area (TPSA) is 111 Å². The minimum absolute atomic E-state index is 0.00981. The van der Waals surface area contributed by atoms with E-state index in [2.05, 4.69) is 10.6 Å². The van der Waals surface area contributed by atoms with E-state index in [4.69, 9.17) is 4.74 Å². The first-order valence-electron chi connectivity index (χ1n) is 7.91. The van der Waals surface area contributed by atoms with Crippen LogP contribution in [0.3, 0.4) is 0 Å². The quantitative estimate of drug-likeness (QED) is 0.447. The Morgan fingerprint density at radius 2 is 1.88 bits per heavy atom. The molecule has 1 atom stereocenters. The van der Waals surface area contributed by atoms with Crippen LogP contribution in [0, 0.1) is 10.1 Å². The van der Waals surface area contributed by atoms with Gasteiger partial charge < -0.3 is 15.4 Å². The monoisotopic (exact) mass is 357 g/mol. The number of rotatable bonds is 7. The van der Waals surface area contributed by atoms with Crippen molar-refractivity contribution in [2.24, 2.45) is 0 Å². The Labute approximate surface area is 150 Å². The molecule has 0 saturated heterocycles. The average Bonchev–Trinajstić information content (AvgIpc) is 2.66. The van der Waals surface area contributed by atoms with Gasteiger partial charge in [0, 0.05) is 31.4 Å². The molecule has 0 aromatic heterocycles. The lowest BCUT2D eigenvalue weighted by Crippen LogP contribution is -2.35. The van der Waals surface area contributed by atoms with Crippen LogP contribution < -0.4 is 10.6 Å². The fourth-order valence-corrected chi connectivity index (χ4v) is 2.24. The van der Waals surface area contributed by atoms with E-state index >= 15 is 0 Å². The van der Waals surface area contributed by atoms with Gasteiger partial charge in [-0.3, -0.25) is 14.9 Å². The number of anilines is 1. The minimum atomic E-state index is -1.05. The molecular formula is C18H19N3O5. The van der Waals surface area contributed by atoms with Crippen molar-refractivity contribution in [3.8, 4) is 0 Å². The number of nitro groups is 1. The van der Waals surface area contributed by atoms with Crippen LogP contribution in [0.5, 0.6) is 0 Å². The first-order valence-corrected chi connectivity index (χ1v) is 7.91. The Kier molecular flexibility index (Phi) is 6.26. The van der Waals surface area contributed by atoms with Gasteiger partial charge in [0.2, 0.25) is 0 Å². The number of benzene rings is 2. The van der Waals surface area contributed by atoms with Gasteiger partial charge >= 0.3 is 5.97 Å². The summed E-state index contributed by atoms with van der Waals surface area (Å²) in [6.07, 6.45) is -1.05. The predicted molar refractivity (Wildman–Crippen MR) is 95.8 cm³/mol. The fraction of sp³-hybridized carbons (Fsp3) is 0.222. The number of nitrogens with zero attached hydrogens (tertiary/aromatic N) is 1. The molecule has 136 valence electrons. The van der Waals surface area contributed by atoms with Gasteiger partial charge in [-0.2, -0.15) is 0 Å².